The van der Waals surface area contributed by atoms with Gasteiger partial charge in [-0.05, 0) is 37.2 Å². The Bertz CT molecular complexity index is 619. The summed E-state index contributed by atoms with van der Waals surface area (Å²) in [6.07, 6.45) is -3.36. The van der Waals surface area contributed by atoms with Crippen LogP contribution < -0.4 is 10.6 Å². The van der Waals surface area contributed by atoms with E-state index in [1.165, 1.54) is 6.07 Å². The largest absolute Gasteiger partial charge is 0.433 e. The van der Waals surface area contributed by atoms with E-state index in [9.17, 15) is 13.2 Å². The summed E-state index contributed by atoms with van der Waals surface area (Å²) >= 11 is 0. The Morgan fingerprint density at radius 1 is 1.20 bits per heavy atom. The second-order valence-corrected chi connectivity index (χ2v) is 4.94. The Balaban J connectivity index is 1.88. The molecule has 1 aliphatic rings. The van der Waals surface area contributed by atoms with Crippen LogP contribution in [0.1, 0.15) is 12.1 Å². The molecule has 20 heavy (non-hydrogen) atoms. The van der Waals surface area contributed by atoms with Crippen molar-refractivity contribution in [1.82, 2.24) is 10.3 Å². The quantitative estimate of drug-likeness (QED) is 0.888. The van der Waals surface area contributed by atoms with Crippen LogP contribution in [0.4, 0.5) is 18.9 Å². The van der Waals surface area contributed by atoms with Gasteiger partial charge in [-0.1, -0.05) is 6.07 Å². The van der Waals surface area contributed by atoms with Gasteiger partial charge in [-0.15, -0.1) is 0 Å². The minimum absolute atomic E-state index is 0.356. The van der Waals surface area contributed by atoms with E-state index in [2.05, 4.69) is 15.6 Å². The Hall–Kier alpha value is -1.82. The highest BCUT2D eigenvalue weighted by Gasteiger charge is 2.32. The third-order valence-electron chi connectivity index (χ3n) is 3.41. The lowest BCUT2D eigenvalue weighted by molar-refractivity contribution is -0.140. The van der Waals surface area contributed by atoms with Crippen LogP contribution in [0.5, 0.6) is 0 Å². The van der Waals surface area contributed by atoms with Crippen LogP contribution in [0.2, 0.25) is 0 Å². The molecule has 1 aromatic heterocycles. The third-order valence-corrected chi connectivity index (χ3v) is 3.41. The molecule has 1 aliphatic heterocycles. The van der Waals surface area contributed by atoms with Gasteiger partial charge < -0.3 is 10.6 Å². The molecule has 1 atom stereocenters. The zero-order valence-corrected chi connectivity index (χ0v) is 10.7. The second kappa shape index (κ2) is 4.94. The lowest BCUT2D eigenvalue weighted by atomic mass is 10.1. The number of anilines is 1. The van der Waals surface area contributed by atoms with Gasteiger partial charge in [-0.3, -0.25) is 0 Å². The number of pyridine rings is 1. The number of hydrogen-bond donors (Lipinski definition) is 2. The van der Waals surface area contributed by atoms with Gasteiger partial charge in [0, 0.05) is 23.7 Å². The average Bonchev–Trinajstić information content (AvgIpc) is 2.90. The number of nitrogens with zero attached hydrogens (tertiary/aromatic N) is 1. The molecule has 0 aliphatic carbocycles. The van der Waals surface area contributed by atoms with E-state index in [-0.39, 0.29) is 0 Å². The molecular formula is C14H14F3N3. The summed E-state index contributed by atoms with van der Waals surface area (Å²) in [6, 6.07) is 8.07. The van der Waals surface area contributed by atoms with Gasteiger partial charge >= 0.3 is 6.18 Å². The van der Waals surface area contributed by atoms with Crippen LogP contribution >= 0.6 is 0 Å². The summed E-state index contributed by atoms with van der Waals surface area (Å²) in [4.78, 5) is 3.65. The molecule has 0 radical (unpaired) electrons. The predicted molar refractivity (Wildman–Crippen MR) is 71.6 cm³/mol. The van der Waals surface area contributed by atoms with Crippen LogP contribution in [0.15, 0.2) is 30.3 Å². The van der Waals surface area contributed by atoms with Gasteiger partial charge in [-0.2, -0.15) is 13.2 Å². The predicted octanol–water partition coefficient (Wildman–Crippen LogP) is 3.03. The first-order valence-electron chi connectivity index (χ1n) is 6.48. The van der Waals surface area contributed by atoms with Crippen LogP contribution in [-0.2, 0) is 6.18 Å². The Kier molecular flexibility index (Phi) is 3.25. The molecule has 1 aromatic carbocycles. The molecule has 1 unspecified atom stereocenters. The highest BCUT2D eigenvalue weighted by atomic mass is 19.4. The molecule has 0 amide bonds. The van der Waals surface area contributed by atoms with Crippen molar-refractivity contribution >= 4 is 16.6 Å². The van der Waals surface area contributed by atoms with Gasteiger partial charge in [0.15, 0.2) is 0 Å². The van der Waals surface area contributed by atoms with E-state index >= 15 is 0 Å². The zero-order chi connectivity index (χ0) is 14.2. The van der Waals surface area contributed by atoms with Gasteiger partial charge in [0.05, 0.1) is 5.52 Å². The maximum absolute atomic E-state index is 12.6. The van der Waals surface area contributed by atoms with Gasteiger partial charge in [-0.25, -0.2) is 4.98 Å². The molecule has 3 nitrogen and oxygen atoms in total. The first-order chi connectivity index (χ1) is 9.52. The van der Waals surface area contributed by atoms with Crippen molar-refractivity contribution in [1.29, 1.82) is 0 Å². The summed E-state index contributed by atoms with van der Waals surface area (Å²) in [5, 5.41) is 7.32. The molecule has 1 fully saturated rings. The first-order valence-corrected chi connectivity index (χ1v) is 6.48. The number of alkyl halides is 3. The van der Waals surface area contributed by atoms with Gasteiger partial charge in [0.2, 0.25) is 0 Å². The van der Waals surface area contributed by atoms with Gasteiger partial charge in [0.25, 0.3) is 0 Å². The fourth-order valence-corrected chi connectivity index (χ4v) is 2.39. The minimum Gasteiger partial charge on any atom is -0.381 e. The van der Waals surface area contributed by atoms with E-state index in [0.717, 1.165) is 31.3 Å². The molecule has 106 valence electrons. The third kappa shape index (κ3) is 2.70. The van der Waals surface area contributed by atoms with Crippen LogP contribution in [0, 0.1) is 0 Å². The topological polar surface area (TPSA) is 37.0 Å². The number of fused-ring (bicyclic) bond motifs is 1. The second-order valence-electron chi connectivity index (χ2n) is 4.94. The summed E-state index contributed by atoms with van der Waals surface area (Å²) < 4.78 is 37.8. The Morgan fingerprint density at radius 3 is 2.75 bits per heavy atom. The standard InChI is InChI=1S/C14H14F3N3/c15-14(16,17)13-4-1-9-7-10(2-3-12(9)20-13)19-11-5-6-18-8-11/h1-4,7,11,18-19H,5-6,8H2. The summed E-state index contributed by atoms with van der Waals surface area (Å²) in [6.45, 7) is 1.89. The normalized spacial score (nSPS) is 19.4. The summed E-state index contributed by atoms with van der Waals surface area (Å²) in [5.74, 6) is 0. The van der Waals surface area contributed by atoms with Crippen molar-refractivity contribution < 1.29 is 13.2 Å². The number of benzene rings is 1. The fourth-order valence-electron chi connectivity index (χ4n) is 2.39. The molecule has 0 bridgehead atoms. The molecule has 3 rings (SSSR count). The monoisotopic (exact) mass is 281 g/mol. The number of aromatic nitrogens is 1. The first kappa shape index (κ1) is 13.2. The fraction of sp³-hybridized carbons (Fsp3) is 0.357. The lowest BCUT2D eigenvalue weighted by Crippen LogP contribution is -2.21. The number of halogens is 3. The van der Waals surface area contributed by atoms with Crippen molar-refractivity contribution in [3.63, 3.8) is 0 Å². The van der Waals surface area contributed by atoms with E-state index in [1.54, 1.807) is 12.1 Å². The van der Waals surface area contributed by atoms with Crippen molar-refractivity contribution in [2.45, 2.75) is 18.6 Å². The molecule has 2 N–H and O–H groups in total. The maximum Gasteiger partial charge on any atom is 0.433 e. The lowest BCUT2D eigenvalue weighted by Gasteiger charge is -2.13. The molecule has 2 heterocycles. The Labute approximate surface area is 114 Å². The molecule has 0 spiro atoms. The highest BCUT2D eigenvalue weighted by Crippen LogP contribution is 2.29. The maximum atomic E-state index is 12.6. The smallest absolute Gasteiger partial charge is 0.381 e. The van der Waals surface area contributed by atoms with Crippen LogP contribution in [-0.4, -0.2) is 24.1 Å². The van der Waals surface area contributed by atoms with Crippen LogP contribution in [0.3, 0.4) is 0 Å². The van der Waals surface area contributed by atoms with Gasteiger partial charge in [0.1, 0.15) is 5.69 Å². The number of hydrogen-bond acceptors (Lipinski definition) is 3. The number of nitrogens with one attached hydrogen (secondary N) is 2. The summed E-state index contributed by atoms with van der Waals surface area (Å²) in [7, 11) is 0. The average molecular weight is 281 g/mol. The van der Waals surface area contributed by atoms with Crippen molar-refractivity contribution in [3.05, 3.63) is 36.0 Å². The van der Waals surface area contributed by atoms with Crippen molar-refractivity contribution in [2.75, 3.05) is 18.4 Å². The van der Waals surface area contributed by atoms with Crippen molar-refractivity contribution in [2.24, 2.45) is 0 Å². The SMILES string of the molecule is FC(F)(F)c1ccc2cc(NC3CCNC3)ccc2n1. The molecule has 6 heteroatoms. The molecule has 0 saturated carbocycles. The highest BCUT2D eigenvalue weighted by molar-refractivity contribution is 5.82. The molecule has 2 aromatic rings. The zero-order valence-electron chi connectivity index (χ0n) is 10.7. The minimum atomic E-state index is -4.40. The molecule has 1 saturated heterocycles. The van der Waals surface area contributed by atoms with E-state index in [4.69, 9.17) is 0 Å². The van der Waals surface area contributed by atoms with E-state index in [0.29, 0.717) is 16.9 Å². The van der Waals surface area contributed by atoms with Crippen LogP contribution in [0.25, 0.3) is 10.9 Å². The summed E-state index contributed by atoms with van der Waals surface area (Å²) in [5.41, 5.74) is 0.411. The number of rotatable bonds is 2. The Morgan fingerprint density at radius 2 is 2.05 bits per heavy atom. The van der Waals surface area contributed by atoms with Crippen molar-refractivity contribution in [3.8, 4) is 0 Å². The molecular weight excluding hydrogens is 267 g/mol. The van der Waals surface area contributed by atoms with E-state index < -0.39 is 11.9 Å². The van der Waals surface area contributed by atoms with E-state index in [1.807, 2.05) is 6.07 Å².